The Bertz CT molecular complexity index is 3560. The maximum Gasteiger partial charge on any atom is 0.0541 e. The Hall–Kier alpha value is -8.18. The van der Waals surface area contributed by atoms with Crippen molar-refractivity contribution in [1.29, 1.82) is 0 Å². The molecular formula is C60H41N3S. The normalized spacial score (nSPS) is 11.4. The number of rotatable bonds is 9. The van der Waals surface area contributed by atoms with Crippen molar-refractivity contribution < 1.29 is 0 Å². The van der Waals surface area contributed by atoms with Crippen molar-refractivity contribution in [3.63, 3.8) is 0 Å². The molecule has 12 rings (SSSR count). The first-order valence-electron chi connectivity index (χ1n) is 21.8. The summed E-state index contributed by atoms with van der Waals surface area (Å²) in [4.78, 5) is 4.76. The molecule has 0 N–H and O–H groups in total. The first kappa shape index (κ1) is 37.6. The van der Waals surface area contributed by atoms with Crippen molar-refractivity contribution in [1.82, 2.24) is 4.57 Å². The minimum absolute atomic E-state index is 1.06. The zero-order chi connectivity index (χ0) is 42.4. The second-order valence-corrected chi connectivity index (χ2v) is 17.2. The van der Waals surface area contributed by atoms with Gasteiger partial charge in [-0.25, -0.2) is 0 Å². The van der Waals surface area contributed by atoms with Crippen molar-refractivity contribution >= 4 is 87.4 Å². The third kappa shape index (κ3) is 6.60. The second-order valence-electron chi connectivity index (χ2n) is 16.2. The van der Waals surface area contributed by atoms with Crippen molar-refractivity contribution in [2.45, 2.75) is 0 Å². The van der Waals surface area contributed by atoms with Gasteiger partial charge in [-0.3, -0.25) is 0 Å². The summed E-state index contributed by atoms with van der Waals surface area (Å²) in [6.45, 7) is 0. The molecule has 0 aliphatic rings. The van der Waals surface area contributed by atoms with Gasteiger partial charge in [0.25, 0.3) is 0 Å². The van der Waals surface area contributed by atoms with Crippen molar-refractivity contribution in [2.75, 3.05) is 9.80 Å². The Morgan fingerprint density at radius 1 is 0.297 bits per heavy atom. The number of hydrogen-bond donors (Lipinski definition) is 0. The van der Waals surface area contributed by atoms with Crippen molar-refractivity contribution in [3.05, 3.63) is 249 Å². The second kappa shape index (κ2) is 15.9. The molecule has 0 atom stereocenters. The number of aromatic nitrogens is 1. The molecule has 4 heteroatoms. The first-order chi connectivity index (χ1) is 31.7. The Balaban J connectivity index is 1.06. The van der Waals surface area contributed by atoms with Gasteiger partial charge in [-0.2, -0.15) is 0 Å². The van der Waals surface area contributed by atoms with Gasteiger partial charge in [0.05, 0.1) is 11.0 Å². The van der Waals surface area contributed by atoms with Gasteiger partial charge >= 0.3 is 0 Å². The molecule has 0 amide bonds. The topological polar surface area (TPSA) is 11.4 Å². The minimum Gasteiger partial charge on any atom is -0.310 e. The van der Waals surface area contributed by atoms with Gasteiger partial charge in [0, 0.05) is 70.8 Å². The van der Waals surface area contributed by atoms with Crippen LogP contribution in [0.5, 0.6) is 0 Å². The molecular weight excluding hydrogens is 795 g/mol. The summed E-state index contributed by atoms with van der Waals surface area (Å²) in [5.41, 5.74) is 14.7. The number of fused-ring (bicyclic) bond motifs is 6. The number of para-hydroxylation sites is 5. The maximum atomic E-state index is 2.39. The largest absolute Gasteiger partial charge is 0.310 e. The van der Waals surface area contributed by atoms with Crippen LogP contribution in [0.4, 0.5) is 34.1 Å². The highest BCUT2D eigenvalue weighted by Gasteiger charge is 2.21. The highest BCUT2D eigenvalue weighted by molar-refractivity contribution is 7.26. The van der Waals surface area contributed by atoms with E-state index < -0.39 is 0 Å². The molecule has 0 radical (unpaired) electrons. The fourth-order valence-corrected chi connectivity index (χ4v) is 10.7. The summed E-state index contributed by atoms with van der Waals surface area (Å²) < 4.78 is 5.01. The van der Waals surface area contributed by atoms with E-state index in [0.29, 0.717) is 0 Å². The van der Waals surface area contributed by atoms with E-state index in [9.17, 15) is 0 Å². The fraction of sp³-hybridized carbons (Fsp3) is 0. The van der Waals surface area contributed by atoms with Gasteiger partial charge in [0.2, 0.25) is 0 Å². The molecule has 0 fully saturated rings. The smallest absolute Gasteiger partial charge is 0.0541 e. The number of benzene rings is 10. The van der Waals surface area contributed by atoms with Crippen LogP contribution in [0.25, 0.3) is 69.9 Å². The van der Waals surface area contributed by atoms with Gasteiger partial charge in [0.15, 0.2) is 0 Å². The SMILES string of the molecule is c1ccc(N(c2ccccc2)c2cc(-c3ccc4c(c3)c3ccccc3n4-c3ccccc3)cc(N(c3ccccc3)c3ccc(-c4cccc5c4sc4ccccc45)cc3)c2)cc1. The molecule has 0 saturated heterocycles. The number of hydrogen-bond acceptors (Lipinski definition) is 3. The molecule has 0 aliphatic heterocycles. The fourth-order valence-electron chi connectivity index (χ4n) is 9.42. The van der Waals surface area contributed by atoms with E-state index in [2.05, 4.69) is 263 Å². The van der Waals surface area contributed by atoms with Crippen LogP contribution in [0, 0.1) is 0 Å². The third-order valence-electron chi connectivity index (χ3n) is 12.3. The van der Waals surface area contributed by atoms with Crippen LogP contribution in [0.1, 0.15) is 0 Å². The van der Waals surface area contributed by atoms with Crippen molar-refractivity contribution in [2.24, 2.45) is 0 Å². The minimum atomic E-state index is 1.06. The van der Waals surface area contributed by atoms with Crippen LogP contribution < -0.4 is 9.80 Å². The summed E-state index contributed by atoms with van der Waals surface area (Å²) in [5.74, 6) is 0. The zero-order valence-corrected chi connectivity index (χ0v) is 35.7. The van der Waals surface area contributed by atoms with E-state index in [-0.39, 0.29) is 0 Å². The molecule has 302 valence electrons. The zero-order valence-electron chi connectivity index (χ0n) is 34.9. The summed E-state index contributed by atoms with van der Waals surface area (Å²) in [6, 6.07) is 90.1. The van der Waals surface area contributed by atoms with Crippen LogP contribution in [-0.4, -0.2) is 4.57 Å². The third-order valence-corrected chi connectivity index (χ3v) is 13.5. The summed E-state index contributed by atoms with van der Waals surface area (Å²) >= 11 is 1.87. The van der Waals surface area contributed by atoms with Gasteiger partial charge in [-0.05, 0) is 125 Å². The molecule has 0 spiro atoms. The highest BCUT2D eigenvalue weighted by Crippen LogP contribution is 2.45. The van der Waals surface area contributed by atoms with Crippen LogP contribution in [0.2, 0.25) is 0 Å². The molecule has 0 bridgehead atoms. The predicted molar refractivity (Wildman–Crippen MR) is 274 cm³/mol. The summed E-state index contributed by atoms with van der Waals surface area (Å²) in [7, 11) is 0. The lowest BCUT2D eigenvalue weighted by molar-refractivity contribution is 1.18. The molecule has 2 aromatic heterocycles. The quantitative estimate of drug-likeness (QED) is 0.143. The average molecular weight is 836 g/mol. The van der Waals surface area contributed by atoms with Crippen LogP contribution in [-0.2, 0) is 0 Å². The van der Waals surface area contributed by atoms with E-state index in [0.717, 1.165) is 50.9 Å². The van der Waals surface area contributed by atoms with E-state index in [1.165, 1.54) is 53.1 Å². The van der Waals surface area contributed by atoms with Gasteiger partial charge in [-0.15, -0.1) is 11.3 Å². The summed E-state index contributed by atoms with van der Waals surface area (Å²) in [6.07, 6.45) is 0. The molecule has 10 aromatic carbocycles. The lowest BCUT2D eigenvalue weighted by atomic mass is 9.99. The van der Waals surface area contributed by atoms with E-state index in [4.69, 9.17) is 0 Å². The first-order valence-corrected chi connectivity index (χ1v) is 22.6. The molecule has 0 aliphatic carbocycles. The molecule has 0 unspecified atom stereocenters. The van der Waals surface area contributed by atoms with Crippen LogP contribution in [0.15, 0.2) is 249 Å². The van der Waals surface area contributed by atoms with Crippen LogP contribution >= 0.6 is 11.3 Å². The van der Waals surface area contributed by atoms with E-state index in [1.807, 2.05) is 11.3 Å². The van der Waals surface area contributed by atoms with Gasteiger partial charge in [-0.1, -0.05) is 146 Å². The molecule has 0 saturated carbocycles. The number of anilines is 6. The molecule has 12 aromatic rings. The highest BCUT2D eigenvalue weighted by atomic mass is 32.1. The Morgan fingerprint density at radius 2 is 0.797 bits per heavy atom. The Labute approximate surface area is 376 Å². The Morgan fingerprint density at radius 3 is 1.44 bits per heavy atom. The predicted octanol–water partition coefficient (Wildman–Crippen LogP) is 17.4. The monoisotopic (exact) mass is 835 g/mol. The Kier molecular flexibility index (Phi) is 9.36. The van der Waals surface area contributed by atoms with E-state index >= 15 is 0 Å². The standard InChI is InChI=1S/C60H41N3S/c1-5-18-45(19-6-1)61(46-20-7-2-8-21-46)50-38-44(43-34-37-58-56(40-43)53-26-13-15-30-57(53)63(58)48-24-11-4-12-25-48)39-51(41-50)62(47-22-9-3-10-23-47)49-35-32-42(33-36-49)52-28-17-29-55-54-27-14-16-31-59(54)64-60(52)55/h1-41H. The van der Waals surface area contributed by atoms with Crippen molar-refractivity contribution in [3.8, 4) is 27.9 Å². The molecule has 64 heavy (non-hydrogen) atoms. The molecule has 3 nitrogen and oxygen atoms in total. The number of thiophene rings is 1. The lowest BCUT2D eigenvalue weighted by Crippen LogP contribution is -2.13. The maximum absolute atomic E-state index is 2.39. The molecule has 2 heterocycles. The van der Waals surface area contributed by atoms with Gasteiger partial charge in [0.1, 0.15) is 0 Å². The lowest BCUT2D eigenvalue weighted by Gasteiger charge is -2.30. The summed E-state index contributed by atoms with van der Waals surface area (Å²) in [5, 5.41) is 5.07. The van der Waals surface area contributed by atoms with Gasteiger partial charge < -0.3 is 14.4 Å². The van der Waals surface area contributed by atoms with Crippen LogP contribution in [0.3, 0.4) is 0 Å². The average Bonchev–Trinajstić information content (AvgIpc) is 3.91. The number of nitrogens with zero attached hydrogens (tertiary/aromatic N) is 3. The van der Waals surface area contributed by atoms with E-state index in [1.54, 1.807) is 0 Å².